The maximum atomic E-state index is 12.8. The van der Waals surface area contributed by atoms with Crippen LogP contribution in [0.5, 0.6) is 0 Å². The van der Waals surface area contributed by atoms with Crippen molar-refractivity contribution in [3.05, 3.63) is 48.0 Å². The van der Waals surface area contributed by atoms with Crippen molar-refractivity contribution in [2.45, 2.75) is 37.3 Å². The first-order valence-electron chi connectivity index (χ1n) is 8.69. The lowest BCUT2D eigenvalue weighted by Gasteiger charge is -2.23. The second-order valence-corrected chi connectivity index (χ2v) is 6.78. The number of carbonyl (C=O) groups excluding carboxylic acids is 1. The number of carbonyl (C=O) groups is 1. The quantitative estimate of drug-likeness (QED) is 0.926. The Morgan fingerprint density at radius 2 is 2.04 bits per heavy atom. The standard InChI is InChI=1S/C20H21N3O/c21-12-16-7-4-10-23(16)20(24)19-11-15(13-22-19)18-9-3-6-14-5-1-2-8-17(14)18/h1-3,5-6,8-9,15-16,19,22H,4,7,10-11,13H2/t15-,16-,19-/m0/s1. The van der Waals surface area contributed by atoms with Gasteiger partial charge in [-0.3, -0.25) is 4.79 Å². The van der Waals surface area contributed by atoms with Crippen LogP contribution in [0.4, 0.5) is 0 Å². The van der Waals surface area contributed by atoms with Crippen LogP contribution in [-0.4, -0.2) is 36.0 Å². The summed E-state index contributed by atoms with van der Waals surface area (Å²) >= 11 is 0. The fourth-order valence-corrected chi connectivity index (χ4v) is 4.13. The van der Waals surface area contributed by atoms with Crippen molar-refractivity contribution in [3.63, 3.8) is 0 Å². The summed E-state index contributed by atoms with van der Waals surface area (Å²) in [6, 6.07) is 16.7. The number of hydrogen-bond donors (Lipinski definition) is 1. The van der Waals surface area contributed by atoms with Crippen molar-refractivity contribution in [1.29, 1.82) is 5.26 Å². The number of nitrogens with one attached hydrogen (secondary N) is 1. The van der Waals surface area contributed by atoms with Crippen molar-refractivity contribution in [3.8, 4) is 6.07 Å². The van der Waals surface area contributed by atoms with Gasteiger partial charge >= 0.3 is 0 Å². The molecule has 1 N–H and O–H groups in total. The van der Waals surface area contributed by atoms with Crippen molar-refractivity contribution in [1.82, 2.24) is 10.2 Å². The summed E-state index contributed by atoms with van der Waals surface area (Å²) in [6.45, 7) is 1.53. The molecule has 2 heterocycles. The second kappa shape index (κ2) is 6.26. The molecule has 4 nitrogen and oxygen atoms in total. The van der Waals surface area contributed by atoms with Crippen LogP contribution in [0.15, 0.2) is 42.5 Å². The van der Waals surface area contributed by atoms with E-state index in [9.17, 15) is 10.1 Å². The summed E-state index contributed by atoms with van der Waals surface area (Å²) in [5.41, 5.74) is 1.31. The molecule has 2 saturated heterocycles. The van der Waals surface area contributed by atoms with Crippen LogP contribution in [0.2, 0.25) is 0 Å². The van der Waals surface area contributed by atoms with Gasteiger partial charge in [0.1, 0.15) is 6.04 Å². The zero-order chi connectivity index (χ0) is 16.5. The zero-order valence-electron chi connectivity index (χ0n) is 13.6. The fourth-order valence-electron chi connectivity index (χ4n) is 4.13. The molecule has 0 radical (unpaired) electrons. The van der Waals surface area contributed by atoms with Crippen LogP contribution in [0.3, 0.4) is 0 Å². The highest BCUT2D eigenvalue weighted by Crippen LogP contribution is 2.32. The lowest BCUT2D eigenvalue weighted by Crippen LogP contribution is -2.45. The van der Waals surface area contributed by atoms with E-state index < -0.39 is 0 Å². The largest absolute Gasteiger partial charge is 0.325 e. The molecule has 1 amide bonds. The molecule has 0 aromatic heterocycles. The Balaban J connectivity index is 1.54. The molecule has 0 bridgehead atoms. The van der Waals surface area contributed by atoms with E-state index in [0.29, 0.717) is 12.5 Å². The van der Waals surface area contributed by atoms with E-state index in [2.05, 4.69) is 53.9 Å². The van der Waals surface area contributed by atoms with Crippen LogP contribution in [0.25, 0.3) is 10.8 Å². The number of fused-ring (bicyclic) bond motifs is 1. The maximum Gasteiger partial charge on any atom is 0.240 e. The number of hydrogen-bond acceptors (Lipinski definition) is 3. The third kappa shape index (κ3) is 2.55. The molecule has 2 fully saturated rings. The molecule has 3 atom stereocenters. The van der Waals surface area contributed by atoms with Gasteiger partial charge in [-0.05, 0) is 41.5 Å². The van der Waals surface area contributed by atoms with E-state index in [1.807, 2.05) is 0 Å². The Kier molecular flexibility index (Phi) is 3.95. The topological polar surface area (TPSA) is 56.1 Å². The average molecular weight is 319 g/mol. The molecule has 0 spiro atoms. The van der Waals surface area contributed by atoms with Gasteiger partial charge in [-0.25, -0.2) is 0 Å². The van der Waals surface area contributed by atoms with Crippen molar-refractivity contribution < 1.29 is 4.79 Å². The highest BCUT2D eigenvalue weighted by atomic mass is 16.2. The number of nitrogens with zero attached hydrogens (tertiary/aromatic N) is 2. The van der Waals surface area contributed by atoms with Crippen LogP contribution >= 0.6 is 0 Å². The Morgan fingerprint density at radius 1 is 1.21 bits per heavy atom. The lowest BCUT2D eigenvalue weighted by atomic mass is 9.91. The summed E-state index contributed by atoms with van der Waals surface area (Å²) in [6.07, 6.45) is 2.55. The molecular weight excluding hydrogens is 298 g/mol. The van der Waals surface area contributed by atoms with E-state index in [0.717, 1.165) is 25.8 Å². The number of nitriles is 1. The van der Waals surface area contributed by atoms with Gasteiger partial charge in [-0.1, -0.05) is 42.5 Å². The molecule has 122 valence electrons. The molecule has 0 aliphatic carbocycles. The van der Waals surface area contributed by atoms with Gasteiger partial charge in [-0.15, -0.1) is 0 Å². The summed E-state index contributed by atoms with van der Waals surface area (Å²) in [5, 5.41) is 15.1. The highest BCUT2D eigenvalue weighted by molar-refractivity contribution is 5.87. The molecular formula is C20H21N3O. The summed E-state index contributed by atoms with van der Waals surface area (Å²) in [5.74, 6) is 0.440. The molecule has 2 aliphatic rings. The zero-order valence-corrected chi connectivity index (χ0v) is 13.6. The summed E-state index contributed by atoms with van der Waals surface area (Å²) in [4.78, 5) is 14.5. The van der Waals surface area contributed by atoms with Gasteiger partial charge in [0, 0.05) is 13.1 Å². The first kappa shape index (κ1) is 15.2. The van der Waals surface area contributed by atoms with E-state index in [-0.39, 0.29) is 18.0 Å². The SMILES string of the molecule is N#C[C@@H]1CCCN1C(=O)[C@@H]1C[C@H](c2cccc3ccccc23)CN1. The van der Waals surface area contributed by atoms with Gasteiger partial charge < -0.3 is 10.2 Å². The van der Waals surface area contributed by atoms with Gasteiger partial charge in [-0.2, -0.15) is 5.26 Å². The molecule has 0 unspecified atom stereocenters. The highest BCUT2D eigenvalue weighted by Gasteiger charge is 2.37. The van der Waals surface area contributed by atoms with Gasteiger partial charge in [0.15, 0.2) is 0 Å². The number of benzene rings is 2. The van der Waals surface area contributed by atoms with Gasteiger partial charge in [0.2, 0.25) is 5.91 Å². The predicted octanol–water partition coefficient (Wildman–Crippen LogP) is 2.80. The Bertz CT molecular complexity index is 805. The third-order valence-electron chi connectivity index (χ3n) is 5.38. The smallest absolute Gasteiger partial charge is 0.240 e. The number of amides is 1. The number of rotatable bonds is 2. The van der Waals surface area contributed by atoms with E-state index in [4.69, 9.17) is 0 Å². The Hall–Kier alpha value is -2.38. The minimum absolute atomic E-state index is 0.0989. The van der Waals surface area contributed by atoms with Gasteiger partial charge in [0.05, 0.1) is 12.1 Å². The van der Waals surface area contributed by atoms with Crippen molar-refractivity contribution >= 4 is 16.7 Å². The molecule has 24 heavy (non-hydrogen) atoms. The monoisotopic (exact) mass is 319 g/mol. The second-order valence-electron chi connectivity index (χ2n) is 6.78. The lowest BCUT2D eigenvalue weighted by molar-refractivity contribution is -0.133. The minimum atomic E-state index is -0.240. The molecule has 4 rings (SSSR count). The first-order chi connectivity index (χ1) is 11.8. The molecule has 0 saturated carbocycles. The molecule has 4 heteroatoms. The van der Waals surface area contributed by atoms with Crippen LogP contribution in [0, 0.1) is 11.3 Å². The van der Waals surface area contributed by atoms with E-state index in [1.54, 1.807) is 4.90 Å². The number of likely N-dealkylation sites (tertiary alicyclic amines) is 1. The van der Waals surface area contributed by atoms with E-state index in [1.165, 1.54) is 16.3 Å². The molecule has 2 aliphatic heterocycles. The Labute approximate surface area is 142 Å². The molecule has 2 aromatic carbocycles. The van der Waals surface area contributed by atoms with E-state index >= 15 is 0 Å². The van der Waals surface area contributed by atoms with Crippen LogP contribution < -0.4 is 5.32 Å². The van der Waals surface area contributed by atoms with Crippen molar-refractivity contribution in [2.24, 2.45) is 0 Å². The third-order valence-corrected chi connectivity index (χ3v) is 5.38. The van der Waals surface area contributed by atoms with Crippen molar-refractivity contribution in [2.75, 3.05) is 13.1 Å². The first-order valence-corrected chi connectivity index (χ1v) is 8.69. The fraction of sp³-hybridized carbons (Fsp3) is 0.400. The van der Waals surface area contributed by atoms with Gasteiger partial charge in [0.25, 0.3) is 0 Å². The van der Waals surface area contributed by atoms with Crippen LogP contribution in [-0.2, 0) is 4.79 Å². The maximum absolute atomic E-state index is 12.8. The summed E-state index contributed by atoms with van der Waals surface area (Å²) in [7, 11) is 0. The predicted molar refractivity (Wildman–Crippen MR) is 93.4 cm³/mol. The average Bonchev–Trinajstić information content (AvgIpc) is 3.30. The summed E-state index contributed by atoms with van der Waals surface area (Å²) < 4.78 is 0. The Morgan fingerprint density at radius 3 is 2.92 bits per heavy atom. The normalized spacial score (nSPS) is 26.6. The van der Waals surface area contributed by atoms with Crippen LogP contribution in [0.1, 0.15) is 30.7 Å². The molecule has 2 aromatic rings. The minimum Gasteiger partial charge on any atom is -0.325 e.